The van der Waals surface area contributed by atoms with Gasteiger partial charge in [-0.3, -0.25) is 4.79 Å². The first-order valence-corrected chi connectivity index (χ1v) is 9.56. The molecule has 5 heteroatoms. The number of methoxy groups -OCH3 is 1. The average molecular weight is 395 g/mol. The van der Waals surface area contributed by atoms with E-state index < -0.39 is 0 Å². The number of aromatic nitrogens is 1. The zero-order valence-corrected chi connectivity index (χ0v) is 16.5. The molecule has 0 bridgehead atoms. The van der Waals surface area contributed by atoms with Crippen LogP contribution in [0.2, 0.25) is 0 Å². The number of amides is 1. The number of nitrogens with one attached hydrogen (secondary N) is 2. The Kier molecular flexibility index (Phi) is 5.71. The lowest BCUT2D eigenvalue weighted by Gasteiger charge is -2.03. The number of H-pyrrole nitrogens is 1. The smallest absolute Gasteiger partial charge is 0.288 e. The van der Waals surface area contributed by atoms with Crippen molar-refractivity contribution in [3.05, 3.63) is 102 Å². The van der Waals surface area contributed by atoms with Crippen LogP contribution in [0.4, 0.5) is 0 Å². The van der Waals surface area contributed by atoms with Crippen molar-refractivity contribution >= 4 is 12.1 Å². The van der Waals surface area contributed by atoms with Crippen LogP contribution in [-0.2, 0) is 0 Å². The fourth-order valence-corrected chi connectivity index (χ4v) is 3.16. The lowest BCUT2D eigenvalue weighted by molar-refractivity contribution is 0.0951. The lowest BCUT2D eigenvalue weighted by Crippen LogP contribution is -2.18. The Morgan fingerprint density at radius 2 is 1.53 bits per heavy atom. The quantitative estimate of drug-likeness (QED) is 0.351. The molecule has 5 nitrogen and oxygen atoms in total. The SMILES string of the molecule is COc1ccc(/C=N\NC(=O)c2[nH]c(-c3ccccc3)cc2-c2ccccc2)cc1. The summed E-state index contributed by atoms with van der Waals surface area (Å²) in [7, 11) is 1.62. The molecule has 30 heavy (non-hydrogen) atoms. The van der Waals surface area contributed by atoms with Gasteiger partial charge in [0.05, 0.1) is 13.3 Å². The van der Waals surface area contributed by atoms with Gasteiger partial charge in [-0.2, -0.15) is 5.10 Å². The van der Waals surface area contributed by atoms with Gasteiger partial charge in [-0.1, -0.05) is 60.7 Å². The van der Waals surface area contributed by atoms with Crippen molar-refractivity contribution in [3.63, 3.8) is 0 Å². The van der Waals surface area contributed by atoms with Crippen molar-refractivity contribution in [1.29, 1.82) is 0 Å². The molecule has 0 aliphatic rings. The van der Waals surface area contributed by atoms with Gasteiger partial charge in [0.25, 0.3) is 5.91 Å². The van der Waals surface area contributed by atoms with E-state index in [-0.39, 0.29) is 5.91 Å². The number of benzene rings is 3. The molecule has 0 radical (unpaired) electrons. The molecule has 0 saturated carbocycles. The van der Waals surface area contributed by atoms with Crippen molar-refractivity contribution in [2.75, 3.05) is 7.11 Å². The molecule has 0 fully saturated rings. The van der Waals surface area contributed by atoms with E-state index in [1.807, 2.05) is 91.0 Å². The molecule has 1 amide bonds. The standard InChI is InChI=1S/C25H21N3O2/c1-30-21-14-12-18(13-15-21)17-26-28-25(29)24-22(19-8-4-2-5-9-19)16-23(27-24)20-10-6-3-7-11-20/h2-17,27H,1H3,(H,28,29)/b26-17-. The molecule has 0 saturated heterocycles. The maximum atomic E-state index is 12.9. The van der Waals surface area contributed by atoms with E-state index in [0.29, 0.717) is 5.69 Å². The topological polar surface area (TPSA) is 66.5 Å². The first kappa shape index (κ1) is 19.2. The summed E-state index contributed by atoms with van der Waals surface area (Å²) in [5, 5.41) is 4.10. The Labute approximate surface area is 175 Å². The van der Waals surface area contributed by atoms with E-state index in [0.717, 1.165) is 33.7 Å². The van der Waals surface area contributed by atoms with Crippen LogP contribution in [-0.4, -0.2) is 24.2 Å². The Morgan fingerprint density at radius 1 is 0.900 bits per heavy atom. The summed E-state index contributed by atoms with van der Waals surface area (Å²) in [5.74, 6) is 0.462. The molecule has 4 aromatic rings. The second-order valence-corrected chi connectivity index (χ2v) is 6.68. The minimum atomic E-state index is -0.305. The van der Waals surface area contributed by atoms with Crippen molar-refractivity contribution in [2.45, 2.75) is 0 Å². The van der Waals surface area contributed by atoms with Gasteiger partial charge >= 0.3 is 0 Å². The molecule has 0 aliphatic carbocycles. The Hall–Kier alpha value is -4.12. The van der Waals surface area contributed by atoms with E-state index in [4.69, 9.17) is 4.74 Å². The van der Waals surface area contributed by atoms with Gasteiger partial charge in [-0.25, -0.2) is 5.43 Å². The minimum Gasteiger partial charge on any atom is -0.497 e. The van der Waals surface area contributed by atoms with Crippen LogP contribution in [0.5, 0.6) is 5.75 Å². The average Bonchev–Trinajstić information content (AvgIpc) is 3.26. The van der Waals surface area contributed by atoms with Gasteiger partial charge < -0.3 is 9.72 Å². The zero-order chi connectivity index (χ0) is 20.8. The van der Waals surface area contributed by atoms with Crippen molar-refractivity contribution < 1.29 is 9.53 Å². The van der Waals surface area contributed by atoms with Gasteiger partial charge in [-0.15, -0.1) is 0 Å². The van der Waals surface area contributed by atoms with Gasteiger partial charge in [0.2, 0.25) is 0 Å². The van der Waals surface area contributed by atoms with E-state index in [2.05, 4.69) is 15.5 Å². The molecule has 0 atom stereocenters. The molecule has 0 spiro atoms. The predicted octanol–water partition coefficient (Wildman–Crippen LogP) is 5.12. The summed E-state index contributed by atoms with van der Waals surface area (Å²) in [4.78, 5) is 16.2. The monoisotopic (exact) mass is 395 g/mol. The molecule has 0 unspecified atom stereocenters. The van der Waals surface area contributed by atoms with Crippen LogP contribution in [0, 0.1) is 0 Å². The van der Waals surface area contributed by atoms with Crippen LogP contribution < -0.4 is 10.2 Å². The summed E-state index contributed by atoms with van der Waals surface area (Å²) < 4.78 is 5.15. The molecule has 148 valence electrons. The Morgan fingerprint density at radius 3 is 2.17 bits per heavy atom. The molecule has 1 heterocycles. The van der Waals surface area contributed by atoms with Crippen molar-refractivity contribution in [3.8, 4) is 28.1 Å². The highest BCUT2D eigenvalue weighted by molar-refractivity contribution is 6.01. The number of rotatable bonds is 6. The van der Waals surface area contributed by atoms with Crippen LogP contribution in [0.3, 0.4) is 0 Å². The summed E-state index contributed by atoms with van der Waals surface area (Å²) in [6.45, 7) is 0. The summed E-state index contributed by atoms with van der Waals surface area (Å²) >= 11 is 0. The first-order valence-electron chi connectivity index (χ1n) is 9.56. The van der Waals surface area contributed by atoms with Crippen LogP contribution in [0.15, 0.2) is 96.1 Å². The number of nitrogens with zero attached hydrogens (tertiary/aromatic N) is 1. The van der Waals surface area contributed by atoms with Crippen LogP contribution >= 0.6 is 0 Å². The normalized spacial score (nSPS) is 10.8. The van der Waals surface area contributed by atoms with Crippen molar-refractivity contribution in [2.24, 2.45) is 5.10 Å². The molecule has 2 N–H and O–H groups in total. The molecule has 3 aromatic carbocycles. The molecule has 0 aliphatic heterocycles. The third kappa shape index (κ3) is 4.31. The number of carbonyl (C=O) groups is 1. The number of carbonyl (C=O) groups excluding carboxylic acids is 1. The number of hydrazone groups is 1. The second-order valence-electron chi connectivity index (χ2n) is 6.68. The van der Waals surface area contributed by atoms with Gasteiger partial charge in [0.1, 0.15) is 11.4 Å². The summed E-state index contributed by atoms with van der Waals surface area (Å²) in [6, 6.07) is 29.1. The highest BCUT2D eigenvalue weighted by atomic mass is 16.5. The Balaban J connectivity index is 1.60. The largest absolute Gasteiger partial charge is 0.497 e. The molecular weight excluding hydrogens is 374 g/mol. The highest BCUT2D eigenvalue weighted by Gasteiger charge is 2.17. The maximum Gasteiger partial charge on any atom is 0.288 e. The zero-order valence-electron chi connectivity index (χ0n) is 16.5. The van der Waals surface area contributed by atoms with E-state index in [1.165, 1.54) is 0 Å². The lowest BCUT2D eigenvalue weighted by atomic mass is 10.0. The maximum absolute atomic E-state index is 12.9. The first-order chi connectivity index (χ1) is 14.7. The van der Waals surface area contributed by atoms with Gasteiger partial charge in [-0.05, 0) is 47.0 Å². The van der Waals surface area contributed by atoms with Crippen molar-refractivity contribution in [1.82, 2.24) is 10.4 Å². The minimum absolute atomic E-state index is 0.305. The number of hydrogen-bond donors (Lipinski definition) is 2. The fourth-order valence-electron chi connectivity index (χ4n) is 3.16. The van der Waals surface area contributed by atoms with Gasteiger partial charge in [0, 0.05) is 11.3 Å². The van der Waals surface area contributed by atoms with Crippen LogP contribution in [0.25, 0.3) is 22.4 Å². The number of aromatic amines is 1. The third-order valence-electron chi connectivity index (χ3n) is 4.71. The number of ether oxygens (including phenoxy) is 1. The van der Waals surface area contributed by atoms with Gasteiger partial charge in [0.15, 0.2) is 0 Å². The Bertz CT molecular complexity index is 1150. The van der Waals surface area contributed by atoms with E-state index in [1.54, 1.807) is 13.3 Å². The summed E-state index contributed by atoms with van der Waals surface area (Å²) in [5.41, 5.74) is 7.61. The van der Waals surface area contributed by atoms with Crippen LogP contribution in [0.1, 0.15) is 16.1 Å². The number of hydrogen-bond acceptors (Lipinski definition) is 3. The highest BCUT2D eigenvalue weighted by Crippen LogP contribution is 2.29. The predicted molar refractivity (Wildman–Crippen MR) is 120 cm³/mol. The third-order valence-corrected chi connectivity index (χ3v) is 4.71. The molecule has 1 aromatic heterocycles. The molecule has 4 rings (SSSR count). The van der Waals surface area contributed by atoms with E-state index in [9.17, 15) is 4.79 Å². The second kappa shape index (κ2) is 8.92. The molecular formula is C25H21N3O2. The van der Waals surface area contributed by atoms with E-state index >= 15 is 0 Å². The summed E-state index contributed by atoms with van der Waals surface area (Å²) in [6.07, 6.45) is 1.60. The fraction of sp³-hybridized carbons (Fsp3) is 0.0400.